The van der Waals surface area contributed by atoms with Crippen molar-refractivity contribution < 1.29 is 4.79 Å². The molecule has 0 fully saturated rings. The minimum Gasteiger partial charge on any atom is -0.314 e. The number of nitrogens with zero attached hydrogens (tertiary/aromatic N) is 1. The SMILES string of the molecule is CC(C)C1C(=O)N(C)c2ccccc2-c2ccccc21. The molecule has 1 amide bonds. The molecule has 0 N–H and O–H groups in total. The molecule has 0 aliphatic carbocycles. The highest BCUT2D eigenvalue weighted by Crippen LogP contribution is 2.42. The Bertz CT molecular complexity index is 660. The summed E-state index contributed by atoms with van der Waals surface area (Å²) < 4.78 is 0. The summed E-state index contributed by atoms with van der Waals surface area (Å²) in [7, 11) is 1.88. The predicted octanol–water partition coefficient (Wildman–Crippen LogP) is 4.07. The highest BCUT2D eigenvalue weighted by molar-refractivity contribution is 6.04. The van der Waals surface area contributed by atoms with E-state index < -0.39 is 0 Å². The maximum Gasteiger partial charge on any atom is 0.234 e. The Kier molecular flexibility index (Phi) is 3.09. The molecule has 0 spiro atoms. The van der Waals surface area contributed by atoms with Gasteiger partial charge >= 0.3 is 0 Å². The van der Waals surface area contributed by atoms with Gasteiger partial charge in [0.25, 0.3) is 0 Å². The Morgan fingerprint density at radius 1 is 0.950 bits per heavy atom. The number of carbonyl (C=O) groups is 1. The molecule has 3 rings (SSSR count). The molecule has 2 aromatic carbocycles. The van der Waals surface area contributed by atoms with E-state index in [1.165, 1.54) is 5.56 Å². The van der Waals surface area contributed by atoms with E-state index in [0.717, 1.165) is 16.8 Å². The smallest absolute Gasteiger partial charge is 0.234 e. The van der Waals surface area contributed by atoms with E-state index in [1.54, 1.807) is 4.90 Å². The number of benzene rings is 2. The van der Waals surface area contributed by atoms with Crippen LogP contribution in [0.1, 0.15) is 25.3 Å². The van der Waals surface area contributed by atoms with E-state index in [1.807, 2.05) is 37.4 Å². The number of hydrogen-bond acceptors (Lipinski definition) is 1. The molecule has 102 valence electrons. The van der Waals surface area contributed by atoms with Crippen molar-refractivity contribution in [2.45, 2.75) is 19.8 Å². The number of amides is 1. The third-order valence-electron chi connectivity index (χ3n) is 4.11. The number of likely N-dealkylation sites (N-methyl/N-ethyl adjacent to an activating group) is 1. The minimum atomic E-state index is -0.0800. The summed E-state index contributed by atoms with van der Waals surface area (Å²) in [6.07, 6.45) is 0. The van der Waals surface area contributed by atoms with E-state index in [2.05, 4.69) is 32.0 Å². The fourth-order valence-corrected chi connectivity index (χ4v) is 3.11. The molecule has 0 saturated heterocycles. The fourth-order valence-electron chi connectivity index (χ4n) is 3.11. The number of carbonyl (C=O) groups excluding carboxylic acids is 1. The van der Waals surface area contributed by atoms with Crippen molar-refractivity contribution >= 4 is 11.6 Å². The number of para-hydroxylation sites is 1. The first-order chi connectivity index (χ1) is 9.61. The Morgan fingerprint density at radius 3 is 2.25 bits per heavy atom. The van der Waals surface area contributed by atoms with Crippen LogP contribution in [0.3, 0.4) is 0 Å². The largest absolute Gasteiger partial charge is 0.314 e. The molecular weight excluding hydrogens is 246 g/mol. The second-order valence-electron chi connectivity index (χ2n) is 5.72. The molecule has 2 nitrogen and oxygen atoms in total. The van der Waals surface area contributed by atoms with Crippen LogP contribution in [0.2, 0.25) is 0 Å². The number of rotatable bonds is 1. The third kappa shape index (κ3) is 1.83. The van der Waals surface area contributed by atoms with E-state index >= 15 is 0 Å². The molecule has 0 bridgehead atoms. The van der Waals surface area contributed by atoms with Crippen molar-refractivity contribution in [3.8, 4) is 11.1 Å². The Balaban J connectivity index is 2.33. The van der Waals surface area contributed by atoms with Gasteiger partial charge < -0.3 is 4.90 Å². The van der Waals surface area contributed by atoms with Crippen LogP contribution in [-0.2, 0) is 4.79 Å². The minimum absolute atomic E-state index is 0.0800. The second-order valence-corrected chi connectivity index (χ2v) is 5.72. The summed E-state index contributed by atoms with van der Waals surface area (Å²) in [5.41, 5.74) is 4.46. The third-order valence-corrected chi connectivity index (χ3v) is 4.11. The summed E-state index contributed by atoms with van der Waals surface area (Å²) in [5.74, 6) is 0.376. The lowest BCUT2D eigenvalue weighted by Crippen LogP contribution is -2.33. The van der Waals surface area contributed by atoms with Crippen molar-refractivity contribution in [3.63, 3.8) is 0 Å². The van der Waals surface area contributed by atoms with Crippen molar-refractivity contribution in [2.75, 3.05) is 11.9 Å². The summed E-state index contributed by atoms with van der Waals surface area (Å²) in [6.45, 7) is 4.23. The highest BCUT2D eigenvalue weighted by Gasteiger charge is 2.33. The maximum atomic E-state index is 12.8. The highest BCUT2D eigenvalue weighted by atomic mass is 16.2. The Morgan fingerprint density at radius 2 is 1.55 bits per heavy atom. The maximum absolute atomic E-state index is 12.8. The predicted molar refractivity (Wildman–Crippen MR) is 82.9 cm³/mol. The van der Waals surface area contributed by atoms with Crippen molar-refractivity contribution in [1.29, 1.82) is 0 Å². The van der Waals surface area contributed by atoms with Crippen LogP contribution in [0.4, 0.5) is 5.69 Å². The molecule has 1 aliphatic heterocycles. The van der Waals surface area contributed by atoms with Gasteiger partial charge in [-0.15, -0.1) is 0 Å². The van der Waals surface area contributed by atoms with Gasteiger partial charge in [-0.1, -0.05) is 56.3 Å². The molecule has 0 radical (unpaired) electrons. The molecule has 0 saturated carbocycles. The summed E-state index contributed by atoms with van der Waals surface area (Å²) in [5, 5.41) is 0. The van der Waals surface area contributed by atoms with Crippen molar-refractivity contribution in [1.82, 2.24) is 0 Å². The first-order valence-corrected chi connectivity index (χ1v) is 7.07. The molecule has 1 unspecified atom stereocenters. The van der Waals surface area contributed by atoms with E-state index in [9.17, 15) is 4.79 Å². The number of hydrogen-bond donors (Lipinski definition) is 0. The molecule has 20 heavy (non-hydrogen) atoms. The lowest BCUT2D eigenvalue weighted by atomic mass is 9.84. The Hall–Kier alpha value is -2.09. The van der Waals surface area contributed by atoms with Crippen LogP contribution in [0.25, 0.3) is 11.1 Å². The van der Waals surface area contributed by atoms with E-state index in [0.29, 0.717) is 0 Å². The van der Waals surface area contributed by atoms with Gasteiger partial charge in [-0.25, -0.2) is 0 Å². The van der Waals surface area contributed by atoms with E-state index in [4.69, 9.17) is 0 Å². The van der Waals surface area contributed by atoms with Gasteiger partial charge in [0.05, 0.1) is 11.6 Å². The van der Waals surface area contributed by atoms with Gasteiger partial charge in [-0.05, 0) is 23.1 Å². The van der Waals surface area contributed by atoms with Gasteiger partial charge in [0.15, 0.2) is 0 Å². The molecule has 1 heterocycles. The van der Waals surface area contributed by atoms with Crippen LogP contribution in [-0.4, -0.2) is 13.0 Å². The zero-order valence-electron chi connectivity index (χ0n) is 12.1. The summed E-state index contributed by atoms with van der Waals surface area (Å²) in [6, 6.07) is 16.4. The zero-order chi connectivity index (χ0) is 14.3. The molecule has 0 aromatic heterocycles. The van der Waals surface area contributed by atoms with Crippen LogP contribution >= 0.6 is 0 Å². The number of fused-ring (bicyclic) bond motifs is 3. The molecule has 1 aliphatic rings. The zero-order valence-corrected chi connectivity index (χ0v) is 12.1. The normalized spacial score (nSPS) is 17.7. The lowest BCUT2D eigenvalue weighted by molar-refractivity contribution is -0.120. The molecular formula is C18H19NO. The number of anilines is 1. The van der Waals surface area contributed by atoms with Crippen LogP contribution in [0, 0.1) is 5.92 Å². The van der Waals surface area contributed by atoms with Gasteiger partial charge in [-0.2, -0.15) is 0 Å². The van der Waals surface area contributed by atoms with Crippen molar-refractivity contribution in [3.05, 3.63) is 54.1 Å². The average Bonchev–Trinajstić information content (AvgIpc) is 2.55. The standard InChI is InChI=1S/C18H19NO/c1-12(2)17-15-10-5-4-8-13(15)14-9-6-7-11-16(14)19(3)18(17)20/h4-12,17H,1-3H3. The van der Waals surface area contributed by atoms with Gasteiger partial charge in [0, 0.05) is 12.6 Å². The lowest BCUT2D eigenvalue weighted by Gasteiger charge is -2.24. The van der Waals surface area contributed by atoms with Gasteiger partial charge in [-0.3, -0.25) is 4.79 Å². The second kappa shape index (κ2) is 4.78. The first kappa shape index (κ1) is 12.9. The topological polar surface area (TPSA) is 20.3 Å². The van der Waals surface area contributed by atoms with Crippen LogP contribution < -0.4 is 4.90 Å². The van der Waals surface area contributed by atoms with Crippen molar-refractivity contribution in [2.24, 2.45) is 5.92 Å². The fraction of sp³-hybridized carbons (Fsp3) is 0.278. The molecule has 1 atom stereocenters. The van der Waals surface area contributed by atoms with Gasteiger partial charge in [0.2, 0.25) is 5.91 Å². The molecule has 2 aromatic rings. The van der Waals surface area contributed by atoms with Gasteiger partial charge in [0.1, 0.15) is 0 Å². The van der Waals surface area contributed by atoms with E-state index in [-0.39, 0.29) is 17.7 Å². The average molecular weight is 265 g/mol. The first-order valence-electron chi connectivity index (χ1n) is 7.07. The quantitative estimate of drug-likeness (QED) is 0.761. The van der Waals surface area contributed by atoms with Crippen LogP contribution in [0.5, 0.6) is 0 Å². The Labute approximate surface area is 120 Å². The summed E-state index contributed by atoms with van der Waals surface area (Å²) in [4.78, 5) is 14.6. The van der Waals surface area contributed by atoms with Crippen LogP contribution in [0.15, 0.2) is 48.5 Å². The molecule has 2 heteroatoms. The summed E-state index contributed by atoms with van der Waals surface area (Å²) >= 11 is 0. The monoisotopic (exact) mass is 265 g/mol.